The lowest BCUT2D eigenvalue weighted by atomic mass is 10.1. The molecule has 0 fully saturated rings. The van der Waals surface area contributed by atoms with Gasteiger partial charge in [-0.3, -0.25) is 14.4 Å². The summed E-state index contributed by atoms with van der Waals surface area (Å²) < 4.78 is 1.12. The first-order valence-electron chi connectivity index (χ1n) is 7.24. The molecule has 0 bridgehead atoms. The van der Waals surface area contributed by atoms with Gasteiger partial charge in [0.15, 0.2) is 5.69 Å². The van der Waals surface area contributed by atoms with Gasteiger partial charge in [-0.15, -0.1) is 0 Å². The lowest BCUT2D eigenvalue weighted by Gasteiger charge is -2.20. The Hall–Kier alpha value is -2.70. The molecule has 0 aliphatic rings. The third-order valence-corrected chi connectivity index (χ3v) is 3.10. The maximum atomic E-state index is 12.3. The number of amides is 2. The summed E-state index contributed by atoms with van der Waals surface area (Å²) in [5, 5.41) is 10.2. The van der Waals surface area contributed by atoms with Gasteiger partial charge >= 0.3 is 0 Å². The highest BCUT2D eigenvalue weighted by Crippen LogP contribution is 2.12. The van der Waals surface area contributed by atoms with E-state index in [2.05, 4.69) is 15.7 Å². The Morgan fingerprint density at radius 3 is 2.39 bits per heavy atom. The third kappa shape index (κ3) is 3.94. The summed E-state index contributed by atoms with van der Waals surface area (Å²) in [7, 11) is 1.48. The Morgan fingerprint density at radius 2 is 1.78 bits per heavy atom. The summed E-state index contributed by atoms with van der Waals surface area (Å²) >= 11 is 0. The van der Waals surface area contributed by atoms with Crippen molar-refractivity contribution in [1.82, 2.24) is 20.4 Å². The van der Waals surface area contributed by atoms with Crippen molar-refractivity contribution >= 4 is 22.6 Å². The third-order valence-electron chi connectivity index (χ3n) is 3.10. The molecule has 7 heteroatoms. The van der Waals surface area contributed by atoms with Crippen LogP contribution in [0.1, 0.15) is 31.3 Å². The lowest BCUT2D eigenvalue weighted by molar-refractivity contribution is -0.121. The smallest absolute Gasteiger partial charge is 0.274 e. The predicted octanol–water partition coefficient (Wildman–Crippen LogP) is 0.578. The molecule has 1 aromatic heterocycles. The van der Waals surface area contributed by atoms with Gasteiger partial charge in [-0.1, -0.05) is 18.2 Å². The van der Waals surface area contributed by atoms with E-state index < -0.39 is 5.91 Å². The van der Waals surface area contributed by atoms with Crippen LogP contribution in [-0.4, -0.2) is 33.7 Å². The molecule has 0 saturated heterocycles. The Labute approximate surface area is 133 Å². The molecule has 0 atom stereocenters. The average Bonchev–Trinajstić information content (AvgIpc) is 2.47. The zero-order valence-corrected chi connectivity index (χ0v) is 13.6. The van der Waals surface area contributed by atoms with Crippen LogP contribution in [0.15, 0.2) is 29.1 Å². The van der Waals surface area contributed by atoms with Crippen molar-refractivity contribution in [1.29, 1.82) is 0 Å². The van der Waals surface area contributed by atoms with E-state index in [0.29, 0.717) is 10.8 Å². The summed E-state index contributed by atoms with van der Waals surface area (Å²) in [6.45, 7) is 5.41. The average molecular weight is 316 g/mol. The van der Waals surface area contributed by atoms with E-state index in [-0.39, 0.29) is 29.2 Å². The second-order valence-electron chi connectivity index (χ2n) is 6.30. The molecule has 23 heavy (non-hydrogen) atoms. The molecular weight excluding hydrogens is 296 g/mol. The van der Waals surface area contributed by atoms with E-state index in [0.717, 1.165) is 4.68 Å². The molecule has 0 radical (unpaired) electrons. The summed E-state index contributed by atoms with van der Waals surface area (Å²) in [6, 6.07) is 6.76. The number of benzene rings is 1. The first-order chi connectivity index (χ1) is 10.7. The Kier molecular flexibility index (Phi) is 4.49. The predicted molar refractivity (Wildman–Crippen MR) is 87.2 cm³/mol. The van der Waals surface area contributed by atoms with Gasteiger partial charge in [-0.25, -0.2) is 4.68 Å². The zero-order valence-electron chi connectivity index (χ0n) is 13.6. The number of hydrogen-bond donors (Lipinski definition) is 2. The number of nitrogens with zero attached hydrogens (tertiary/aromatic N) is 2. The normalized spacial score (nSPS) is 11.3. The highest BCUT2D eigenvalue weighted by Gasteiger charge is 2.18. The summed E-state index contributed by atoms with van der Waals surface area (Å²) in [5.74, 6) is -0.791. The fourth-order valence-electron chi connectivity index (χ4n) is 2.17. The summed E-state index contributed by atoms with van der Waals surface area (Å²) in [5.41, 5.74) is -0.530. The molecule has 122 valence electrons. The molecule has 1 heterocycles. The second kappa shape index (κ2) is 6.20. The van der Waals surface area contributed by atoms with Gasteiger partial charge in [0, 0.05) is 18.0 Å². The number of hydrogen-bond acceptors (Lipinski definition) is 4. The summed E-state index contributed by atoms with van der Waals surface area (Å²) in [4.78, 5) is 36.1. The van der Waals surface area contributed by atoms with Crippen LogP contribution in [0.3, 0.4) is 0 Å². The quantitative estimate of drug-likeness (QED) is 0.866. The van der Waals surface area contributed by atoms with E-state index in [1.165, 1.54) is 7.05 Å². The zero-order chi connectivity index (χ0) is 17.2. The molecule has 2 N–H and O–H groups in total. The van der Waals surface area contributed by atoms with Crippen LogP contribution in [0.4, 0.5) is 0 Å². The fourth-order valence-corrected chi connectivity index (χ4v) is 2.17. The number of rotatable bonds is 3. The molecule has 0 aliphatic carbocycles. The topological polar surface area (TPSA) is 93.1 Å². The maximum absolute atomic E-state index is 12.3. The lowest BCUT2D eigenvalue weighted by Crippen LogP contribution is -2.46. The molecule has 2 aromatic rings. The largest absolute Gasteiger partial charge is 0.350 e. The Balaban J connectivity index is 2.24. The second-order valence-corrected chi connectivity index (χ2v) is 6.30. The van der Waals surface area contributed by atoms with E-state index in [9.17, 15) is 14.4 Å². The molecule has 0 aliphatic heterocycles. The van der Waals surface area contributed by atoms with Gasteiger partial charge < -0.3 is 10.6 Å². The number of carbonyl (C=O) groups excluding carboxylic acids is 2. The van der Waals surface area contributed by atoms with E-state index in [4.69, 9.17) is 0 Å². The standard InChI is InChI=1S/C16H20N4O3/c1-16(2,3)18-12(21)9-17-14(22)13-10-7-5-6-8-11(10)15(23)20(4)19-13/h5-8H,9H2,1-4H3,(H,17,22)(H,18,21). The maximum Gasteiger partial charge on any atom is 0.274 e. The van der Waals surface area contributed by atoms with E-state index in [1.807, 2.05) is 20.8 Å². The molecule has 0 spiro atoms. The number of aromatic nitrogens is 2. The van der Waals surface area contributed by atoms with Crippen LogP contribution in [-0.2, 0) is 11.8 Å². The van der Waals surface area contributed by atoms with Crippen LogP contribution in [0, 0.1) is 0 Å². The SMILES string of the molecule is Cn1nc(C(=O)NCC(=O)NC(C)(C)C)c2ccccc2c1=O. The molecule has 0 unspecified atom stereocenters. The van der Waals surface area contributed by atoms with Gasteiger partial charge in [-0.2, -0.15) is 5.10 Å². The van der Waals surface area contributed by atoms with Crippen LogP contribution in [0.5, 0.6) is 0 Å². The molecule has 7 nitrogen and oxygen atoms in total. The number of nitrogens with one attached hydrogen (secondary N) is 2. The number of fused-ring (bicyclic) bond motifs is 1. The van der Waals surface area contributed by atoms with Crippen LogP contribution in [0.2, 0.25) is 0 Å². The van der Waals surface area contributed by atoms with Crippen molar-refractivity contribution in [2.24, 2.45) is 7.05 Å². The van der Waals surface area contributed by atoms with E-state index in [1.54, 1.807) is 24.3 Å². The molecule has 2 amide bonds. The minimum Gasteiger partial charge on any atom is -0.350 e. The van der Waals surface area contributed by atoms with Gasteiger partial charge in [0.1, 0.15) is 0 Å². The Bertz CT molecular complexity index is 818. The highest BCUT2D eigenvalue weighted by atomic mass is 16.2. The fraction of sp³-hybridized carbons (Fsp3) is 0.375. The van der Waals surface area contributed by atoms with E-state index >= 15 is 0 Å². The first-order valence-corrected chi connectivity index (χ1v) is 7.24. The van der Waals surface area contributed by atoms with Crippen LogP contribution < -0.4 is 16.2 Å². The molecule has 0 saturated carbocycles. The number of carbonyl (C=O) groups is 2. The van der Waals surface area contributed by atoms with Crippen molar-refractivity contribution in [2.45, 2.75) is 26.3 Å². The minimum absolute atomic E-state index is 0.117. The molecular formula is C16H20N4O3. The Morgan fingerprint density at radius 1 is 1.17 bits per heavy atom. The van der Waals surface area contributed by atoms with Crippen molar-refractivity contribution in [2.75, 3.05) is 6.54 Å². The van der Waals surface area contributed by atoms with Crippen molar-refractivity contribution in [3.63, 3.8) is 0 Å². The number of aryl methyl sites for hydroxylation is 1. The minimum atomic E-state index is -0.499. The van der Waals surface area contributed by atoms with Crippen LogP contribution in [0.25, 0.3) is 10.8 Å². The van der Waals surface area contributed by atoms with Crippen molar-refractivity contribution in [3.05, 3.63) is 40.3 Å². The van der Waals surface area contributed by atoms with Gasteiger partial charge in [-0.05, 0) is 26.8 Å². The highest BCUT2D eigenvalue weighted by molar-refractivity contribution is 6.05. The van der Waals surface area contributed by atoms with Gasteiger partial charge in [0.2, 0.25) is 5.91 Å². The van der Waals surface area contributed by atoms with Gasteiger partial charge in [0.25, 0.3) is 11.5 Å². The van der Waals surface area contributed by atoms with Gasteiger partial charge in [0.05, 0.1) is 11.9 Å². The first kappa shape index (κ1) is 16.7. The van der Waals surface area contributed by atoms with Crippen molar-refractivity contribution < 1.29 is 9.59 Å². The summed E-state index contributed by atoms with van der Waals surface area (Å²) in [6.07, 6.45) is 0. The monoisotopic (exact) mass is 316 g/mol. The van der Waals surface area contributed by atoms with Crippen LogP contribution >= 0.6 is 0 Å². The molecule has 1 aromatic carbocycles. The molecule has 2 rings (SSSR count). The van der Waals surface area contributed by atoms with Crippen molar-refractivity contribution in [3.8, 4) is 0 Å².